The molecule has 0 heterocycles. The SMILES string of the molecule is CSc1ccc(C(=O)NCC2CCC(O)C2)cc1. The Labute approximate surface area is 112 Å². The van der Waals surface area contributed by atoms with E-state index < -0.39 is 0 Å². The third-order valence-corrected chi connectivity index (χ3v) is 4.16. The van der Waals surface area contributed by atoms with Gasteiger partial charge < -0.3 is 10.4 Å². The Bertz CT molecular complexity index is 405. The van der Waals surface area contributed by atoms with Gasteiger partial charge in [-0.05, 0) is 55.7 Å². The molecule has 0 spiro atoms. The summed E-state index contributed by atoms with van der Waals surface area (Å²) in [6.45, 7) is 0.667. The molecule has 1 saturated carbocycles. The third kappa shape index (κ3) is 3.50. The molecule has 1 aliphatic carbocycles. The molecule has 0 bridgehead atoms. The number of thioether (sulfide) groups is 1. The van der Waals surface area contributed by atoms with Gasteiger partial charge in [0.2, 0.25) is 0 Å². The monoisotopic (exact) mass is 265 g/mol. The minimum absolute atomic E-state index is 0.0240. The van der Waals surface area contributed by atoms with Crippen molar-refractivity contribution < 1.29 is 9.90 Å². The van der Waals surface area contributed by atoms with E-state index in [2.05, 4.69) is 5.32 Å². The Hall–Kier alpha value is -1.00. The van der Waals surface area contributed by atoms with Gasteiger partial charge in [0.05, 0.1) is 6.10 Å². The second kappa shape index (κ2) is 6.25. The summed E-state index contributed by atoms with van der Waals surface area (Å²) >= 11 is 1.66. The van der Waals surface area contributed by atoms with Gasteiger partial charge in [0.15, 0.2) is 0 Å². The Kier molecular flexibility index (Phi) is 4.66. The van der Waals surface area contributed by atoms with E-state index in [1.165, 1.54) is 0 Å². The lowest BCUT2D eigenvalue weighted by atomic mass is 10.1. The first-order chi connectivity index (χ1) is 8.69. The van der Waals surface area contributed by atoms with E-state index >= 15 is 0 Å². The van der Waals surface area contributed by atoms with Crippen molar-refractivity contribution >= 4 is 17.7 Å². The van der Waals surface area contributed by atoms with Crippen LogP contribution in [0, 0.1) is 5.92 Å². The number of carbonyl (C=O) groups excluding carboxylic acids is 1. The quantitative estimate of drug-likeness (QED) is 0.821. The molecule has 0 radical (unpaired) electrons. The summed E-state index contributed by atoms with van der Waals surface area (Å²) in [5, 5.41) is 12.4. The standard InChI is InChI=1S/C14H19NO2S/c1-18-13-6-3-11(4-7-13)14(17)15-9-10-2-5-12(16)8-10/h3-4,6-7,10,12,16H,2,5,8-9H2,1H3,(H,15,17). The average molecular weight is 265 g/mol. The van der Waals surface area contributed by atoms with Crippen LogP contribution >= 0.6 is 11.8 Å². The molecule has 1 aromatic carbocycles. The van der Waals surface area contributed by atoms with Gasteiger partial charge in [-0.1, -0.05) is 0 Å². The van der Waals surface area contributed by atoms with Gasteiger partial charge in [-0.2, -0.15) is 0 Å². The van der Waals surface area contributed by atoms with Crippen molar-refractivity contribution in [3.05, 3.63) is 29.8 Å². The molecule has 4 heteroatoms. The van der Waals surface area contributed by atoms with E-state index in [1.807, 2.05) is 30.5 Å². The highest BCUT2D eigenvalue weighted by atomic mass is 32.2. The fourth-order valence-corrected chi connectivity index (χ4v) is 2.72. The van der Waals surface area contributed by atoms with Crippen LogP contribution in [0.3, 0.4) is 0 Å². The molecular formula is C14H19NO2S. The zero-order valence-electron chi connectivity index (χ0n) is 10.6. The van der Waals surface area contributed by atoms with Crippen LogP contribution in [-0.2, 0) is 0 Å². The van der Waals surface area contributed by atoms with E-state index in [9.17, 15) is 9.90 Å². The zero-order valence-corrected chi connectivity index (χ0v) is 11.4. The number of rotatable bonds is 4. The van der Waals surface area contributed by atoms with E-state index in [0.717, 1.165) is 24.2 Å². The third-order valence-electron chi connectivity index (χ3n) is 3.42. The molecule has 0 aliphatic heterocycles. The fraction of sp³-hybridized carbons (Fsp3) is 0.500. The Morgan fingerprint density at radius 1 is 1.39 bits per heavy atom. The second-order valence-corrected chi connectivity index (χ2v) is 5.65. The van der Waals surface area contributed by atoms with Gasteiger partial charge in [-0.15, -0.1) is 11.8 Å². The lowest BCUT2D eigenvalue weighted by Crippen LogP contribution is -2.28. The van der Waals surface area contributed by atoms with Crippen LogP contribution in [0.25, 0.3) is 0 Å². The molecule has 1 fully saturated rings. The smallest absolute Gasteiger partial charge is 0.251 e. The lowest BCUT2D eigenvalue weighted by molar-refractivity contribution is 0.0945. The van der Waals surface area contributed by atoms with E-state index in [1.54, 1.807) is 11.8 Å². The molecule has 1 amide bonds. The van der Waals surface area contributed by atoms with Crippen molar-refractivity contribution in [2.75, 3.05) is 12.8 Å². The number of hydrogen-bond acceptors (Lipinski definition) is 3. The minimum atomic E-state index is -0.173. The number of benzene rings is 1. The molecule has 1 aromatic rings. The van der Waals surface area contributed by atoms with Crippen LogP contribution in [-0.4, -0.2) is 29.9 Å². The predicted octanol–water partition coefficient (Wildman–Crippen LogP) is 2.30. The van der Waals surface area contributed by atoms with Crippen molar-refractivity contribution in [1.82, 2.24) is 5.32 Å². The highest BCUT2D eigenvalue weighted by molar-refractivity contribution is 7.98. The summed E-state index contributed by atoms with van der Waals surface area (Å²) in [5.74, 6) is 0.401. The average Bonchev–Trinajstić information content (AvgIpc) is 2.82. The molecule has 2 atom stereocenters. The fourth-order valence-electron chi connectivity index (χ4n) is 2.32. The Morgan fingerprint density at radius 2 is 2.11 bits per heavy atom. The van der Waals surface area contributed by atoms with E-state index in [4.69, 9.17) is 0 Å². The molecule has 2 unspecified atom stereocenters. The maximum atomic E-state index is 11.9. The number of amides is 1. The van der Waals surface area contributed by atoms with Crippen molar-refractivity contribution in [2.45, 2.75) is 30.3 Å². The molecule has 18 heavy (non-hydrogen) atoms. The van der Waals surface area contributed by atoms with Gasteiger partial charge in [0.25, 0.3) is 5.91 Å². The van der Waals surface area contributed by atoms with Crippen LogP contribution in [0.2, 0.25) is 0 Å². The van der Waals surface area contributed by atoms with Gasteiger partial charge in [0, 0.05) is 17.0 Å². The summed E-state index contributed by atoms with van der Waals surface area (Å²) in [6, 6.07) is 7.62. The maximum absolute atomic E-state index is 11.9. The molecule has 2 N–H and O–H groups in total. The second-order valence-electron chi connectivity index (χ2n) is 4.77. The highest BCUT2D eigenvalue weighted by Gasteiger charge is 2.23. The molecular weight excluding hydrogens is 246 g/mol. The normalized spacial score (nSPS) is 23.0. The first-order valence-electron chi connectivity index (χ1n) is 6.29. The van der Waals surface area contributed by atoms with Crippen molar-refractivity contribution in [1.29, 1.82) is 0 Å². The van der Waals surface area contributed by atoms with Gasteiger partial charge in [-0.3, -0.25) is 4.79 Å². The van der Waals surface area contributed by atoms with Gasteiger partial charge in [0.1, 0.15) is 0 Å². The molecule has 2 rings (SSSR count). The number of carbonyl (C=O) groups is 1. The summed E-state index contributed by atoms with van der Waals surface area (Å²) in [5.41, 5.74) is 0.700. The molecule has 3 nitrogen and oxygen atoms in total. The molecule has 0 aromatic heterocycles. The van der Waals surface area contributed by atoms with Gasteiger partial charge in [-0.25, -0.2) is 0 Å². The van der Waals surface area contributed by atoms with Crippen LogP contribution in [0.5, 0.6) is 0 Å². The summed E-state index contributed by atoms with van der Waals surface area (Å²) in [4.78, 5) is 13.1. The summed E-state index contributed by atoms with van der Waals surface area (Å²) < 4.78 is 0. The first kappa shape index (κ1) is 13.4. The Morgan fingerprint density at radius 3 is 2.67 bits per heavy atom. The molecule has 0 saturated heterocycles. The zero-order chi connectivity index (χ0) is 13.0. The molecule has 98 valence electrons. The lowest BCUT2D eigenvalue weighted by Gasteiger charge is -2.11. The number of hydrogen-bond donors (Lipinski definition) is 2. The number of nitrogens with one attached hydrogen (secondary N) is 1. The minimum Gasteiger partial charge on any atom is -0.393 e. The van der Waals surface area contributed by atoms with E-state index in [-0.39, 0.29) is 12.0 Å². The Balaban J connectivity index is 1.83. The number of aliphatic hydroxyl groups excluding tert-OH is 1. The summed E-state index contributed by atoms with van der Waals surface area (Å²) in [6.07, 6.45) is 4.52. The van der Waals surface area contributed by atoms with Crippen molar-refractivity contribution in [2.24, 2.45) is 5.92 Å². The van der Waals surface area contributed by atoms with Gasteiger partial charge >= 0.3 is 0 Å². The predicted molar refractivity (Wildman–Crippen MR) is 73.9 cm³/mol. The maximum Gasteiger partial charge on any atom is 0.251 e. The van der Waals surface area contributed by atoms with Crippen LogP contribution in [0.15, 0.2) is 29.2 Å². The number of aliphatic hydroxyl groups is 1. The van der Waals surface area contributed by atoms with E-state index in [0.29, 0.717) is 18.0 Å². The largest absolute Gasteiger partial charge is 0.393 e. The van der Waals surface area contributed by atoms with Crippen LogP contribution in [0.1, 0.15) is 29.6 Å². The van der Waals surface area contributed by atoms with Crippen molar-refractivity contribution in [3.63, 3.8) is 0 Å². The van der Waals surface area contributed by atoms with Crippen molar-refractivity contribution in [3.8, 4) is 0 Å². The molecule has 1 aliphatic rings. The summed E-state index contributed by atoms with van der Waals surface area (Å²) in [7, 11) is 0. The first-order valence-corrected chi connectivity index (χ1v) is 7.52. The topological polar surface area (TPSA) is 49.3 Å². The van der Waals surface area contributed by atoms with Crippen LogP contribution < -0.4 is 5.32 Å². The van der Waals surface area contributed by atoms with Crippen LogP contribution in [0.4, 0.5) is 0 Å². The highest BCUT2D eigenvalue weighted by Crippen LogP contribution is 2.24.